The predicted molar refractivity (Wildman–Crippen MR) is 75.0 cm³/mol. The number of amides is 1. The molecule has 1 aromatic carbocycles. The Morgan fingerprint density at radius 1 is 1.41 bits per heavy atom. The molecule has 3 nitrogen and oxygen atoms in total. The molecule has 0 aliphatic carbocycles. The number of carbonyl (C=O) groups is 1. The Balaban J connectivity index is 2.92. The maximum Gasteiger partial charge on any atom is 0.253 e. The van der Waals surface area contributed by atoms with E-state index in [1.165, 1.54) is 0 Å². The van der Waals surface area contributed by atoms with E-state index in [0.29, 0.717) is 17.3 Å². The maximum absolute atomic E-state index is 12.2. The zero-order valence-corrected chi connectivity index (χ0v) is 12.1. The molecule has 17 heavy (non-hydrogen) atoms. The van der Waals surface area contributed by atoms with Crippen molar-refractivity contribution in [2.45, 2.75) is 32.7 Å². The number of rotatable bonds is 4. The second-order valence-electron chi connectivity index (χ2n) is 4.12. The van der Waals surface area contributed by atoms with E-state index in [0.717, 1.165) is 17.3 Å². The molecular formula is C13H19BrN2O. The summed E-state index contributed by atoms with van der Waals surface area (Å²) in [4.78, 5) is 14.0. The Bertz CT molecular complexity index is 402. The van der Waals surface area contributed by atoms with E-state index in [1.54, 1.807) is 23.1 Å². The number of nitrogens with zero attached hydrogens (tertiary/aromatic N) is 1. The van der Waals surface area contributed by atoms with E-state index in [-0.39, 0.29) is 5.91 Å². The lowest BCUT2D eigenvalue weighted by Gasteiger charge is -2.26. The first-order chi connectivity index (χ1) is 8.01. The summed E-state index contributed by atoms with van der Waals surface area (Å²) in [6.45, 7) is 4.19. The minimum absolute atomic E-state index is 0.0411. The van der Waals surface area contributed by atoms with Crippen LogP contribution in [0.25, 0.3) is 0 Å². The third kappa shape index (κ3) is 3.22. The molecule has 0 radical (unpaired) electrons. The van der Waals surface area contributed by atoms with Gasteiger partial charge in [0.05, 0.1) is 0 Å². The Labute approximate surface area is 111 Å². The smallest absolute Gasteiger partial charge is 0.253 e. The molecule has 0 spiro atoms. The summed E-state index contributed by atoms with van der Waals surface area (Å²) in [7, 11) is 1.85. The maximum atomic E-state index is 12.2. The molecule has 0 heterocycles. The molecular weight excluding hydrogens is 280 g/mol. The summed E-state index contributed by atoms with van der Waals surface area (Å²) < 4.78 is 0.765. The summed E-state index contributed by atoms with van der Waals surface area (Å²) in [6, 6.07) is 5.58. The van der Waals surface area contributed by atoms with Crippen LogP contribution in [-0.2, 0) is 0 Å². The summed E-state index contributed by atoms with van der Waals surface area (Å²) in [5.74, 6) is 0.0411. The molecule has 0 saturated carbocycles. The van der Waals surface area contributed by atoms with Crippen molar-refractivity contribution in [2.75, 3.05) is 12.8 Å². The van der Waals surface area contributed by atoms with Gasteiger partial charge in [0.15, 0.2) is 0 Å². The quantitative estimate of drug-likeness (QED) is 0.867. The second kappa shape index (κ2) is 6.05. The van der Waals surface area contributed by atoms with Gasteiger partial charge < -0.3 is 10.6 Å². The first-order valence-electron chi connectivity index (χ1n) is 5.83. The van der Waals surface area contributed by atoms with Gasteiger partial charge in [-0.05, 0) is 47.0 Å². The second-order valence-corrected chi connectivity index (χ2v) is 4.98. The Hall–Kier alpha value is -1.03. The highest BCUT2D eigenvalue weighted by Crippen LogP contribution is 2.22. The molecule has 1 rings (SSSR count). The minimum Gasteiger partial charge on any atom is -0.398 e. The first-order valence-corrected chi connectivity index (χ1v) is 6.62. The molecule has 0 atom stereocenters. The molecule has 94 valence electrons. The highest BCUT2D eigenvalue weighted by atomic mass is 79.9. The average Bonchev–Trinajstić information content (AvgIpc) is 2.33. The number of nitrogen functional groups attached to an aromatic ring is 1. The van der Waals surface area contributed by atoms with Crippen LogP contribution >= 0.6 is 15.9 Å². The van der Waals surface area contributed by atoms with Crippen LogP contribution in [0.4, 0.5) is 5.69 Å². The fourth-order valence-corrected chi connectivity index (χ4v) is 2.24. The molecule has 0 aromatic heterocycles. The van der Waals surface area contributed by atoms with Crippen LogP contribution < -0.4 is 5.73 Å². The van der Waals surface area contributed by atoms with Crippen LogP contribution in [0.2, 0.25) is 0 Å². The van der Waals surface area contributed by atoms with E-state index in [2.05, 4.69) is 29.8 Å². The van der Waals surface area contributed by atoms with Gasteiger partial charge in [0, 0.05) is 28.8 Å². The molecule has 4 heteroatoms. The largest absolute Gasteiger partial charge is 0.398 e. The minimum atomic E-state index is 0.0411. The highest BCUT2D eigenvalue weighted by Gasteiger charge is 2.18. The summed E-state index contributed by atoms with van der Waals surface area (Å²) in [5, 5.41) is 0. The van der Waals surface area contributed by atoms with Crippen molar-refractivity contribution >= 4 is 27.5 Å². The SMILES string of the molecule is CCC(CC)N(C)C(=O)c1ccc(N)c(Br)c1. The van der Waals surface area contributed by atoms with Gasteiger partial charge in [-0.3, -0.25) is 4.79 Å². The average molecular weight is 299 g/mol. The van der Waals surface area contributed by atoms with Crippen LogP contribution in [0.3, 0.4) is 0 Å². The lowest BCUT2D eigenvalue weighted by molar-refractivity contribution is 0.0723. The Morgan fingerprint density at radius 2 is 2.00 bits per heavy atom. The van der Waals surface area contributed by atoms with Crippen molar-refractivity contribution in [1.82, 2.24) is 4.90 Å². The van der Waals surface area contributed by atoms with Crippen LogP contribution in [0.15, 0.2) is 22.7 Å². The third-order valence-electron chi connectivity index (χ3n) is 3.06. The molecule has 0 fully saturated rings. The van der Waals surface area contributed by atoms with Crippen LogP contribution in [-0.4, -0.2) is 23.9 Å². The third-order valence-corrected chi connectivity index (χ3v) is 3.74. The van der Waals surface area contributed by atoms with Crippen molar-refractivity contribution in [2.24, 2.45) is 0 Å². The zero-order valence-electron chi connectivity index (χ0n) is 10.5. The van der Waals surface area contributed by atoms with Gasteiger partial charge in [0.25, 0.3) is 5.91 Å². The van der Waals surface area contributed by atoms with Gasteiger partial charge in [-0.25, -0.2) is 0 Å². The van der Waals surface area contributed by atoms with Gasteiger partial charge in [0.1, 0.15) is 0 Å². The normalized spacial score (nSPS) is 10.6. The van der Waals surface area contributed by atoms with Gasteiger partial charge in [-0.1, -0.05) is 13.8 Å². The van der Waals surface area contributed by atoms with E-state index < -0.39 is 0 Å². The lowest BCUT2D eigenvalue weighted by Crippen LogP contribution is -2.36. The monoisotopic (exact) mass is 298 g/mol. The first kappa shape index (κ1) is 14.0. The fourth-order valence-electron chi connectivity index (χ4n) is 1.87. The number of carbonyl (C=O) groups excluding carboxylic acids is 1. The number of benzene rings is 1. The summed E-state index contributed by atoms with van der Waals surface area (Å²) in [6.07, 6.45) is 1.93. The number of hydrogen-bond donors (Lipinski definition) is 1. The van der Waals surface area contributed by atoms with Crippen molar-refractivity contribution in [1.29, 1.82) is 0 Å². The Morgan fingerprint density at radius 3 is 2.47 bits per heavy atom. The number of nitrogens with two attached hydrogens (primary N) is 1. The van der Waals surface area contributed by atoms with Crippen molar-refractivity contribution in [3.63, 3.8) is 0 Å². The summed E-state index contributed by atoms with van der Waals surface area (Å²) >= 11 is 3.34. The zero-order chi connectivity index (χ0) is 13.0. The van der Waals surface area contributed by atoms with Gasteiger partial charge >= 0.3 is 0 Å². The van der Waals surface area contributed by atoms with Crippen LogP contribution in [0.5, 0.6) is 0 Å². The highest BCUT2D eigenvalue weighted by molar-refractivity contribution is 9.10. The van der Waals surface area contributed by atoms with Gasteiger partial charge in [-0.2, -0.15) is 0 Å². The molecule has 0 unspecified atom stereocenters. The summed E-state index contributed by atoms with van der Waals surface area (Å²) in [5.41, 5.74) is 7.02. The molecule has 1 aromatic rings. The van der Waals surface area contributed by atoms with E-state index >= 15 is 0 Å². The number of hydrogen-bond acceptors (Lipinski definition) is 2. The standard InChI is InChI=1S/C13H19BrN2O/c1-4-10(5-2)16(3)13(17)9-6-7-12(15)11(14)8-9/h6-8,10H,4-5,15H2,1-3H3. The molecule has 0 saturated heterocycles. The number of anilines is 1. The van der Waals surface area contributed by atoms with Gasteiger partial charge in [-0.15, -0.1) is 0 Å². The van der Waals surface area contributed by atoms with Crippen LogP contribution in [0.1, 0.15) is 37.0 Å². The van der Waals surface area contributed by atoms with Gasteiger partial charge in [0.2, 0.25) is 0 Å². The molecule has 1 amide bonds. The van der Waals surface area contributed by atoms with E-state index in [4.69, 9.17) is 5.73 Å². The number of halogens is 1. The Kier molecular flexibility index (Phi) is 5.00. The van der Waals surface area contributed by atoms with Crippen molar-refractivity contribution < 1.29 is 4.79 Å². The lowest BCUT2D eigenvalue weighted by atomic mass is 10.1. The fraction of sp³-hybridized carbons (Fsp3) is 0.462. The molecule has 0 aliphatic heterocycles. The molecule has 0 bridgehead atoms. The van der Waals surface area contributed by atoms with Crippen molar-refractivity contribution in [3.05, 3.63) is 28.2 Å². The van der Waals surface area contributed by atoms with E-state index in [9.17, 15) is 4.79 Å². The molecule has 2 N–H and O–H groups in total. The molecule has 0 aliphatic rings. The van der Waals surface area contributed by atoms with E-state index in [1.807, 2.05) is 7.05 Å². The predicted octanol–water partition coefficient (Wildman–Crippen LogP) is 3.29. The van der Waals surface area contributed by atoms with Crippen LogP contribution in [0, 0.1) is 0 Å². The topological polar surface area (TPSA) is 46.3 Å². The van der Waals surface area contributed by atoms with Crippen molar-refractivity contribution in [3.8, 4) is 0 Å².